The van der Waals surface area contributed by atoms with Gasteiger partial charge in [0.15, 0.2) is 0 Å². The van der Waals surface area contributed by atoms with Gasteiger partial charge in [-0.25, -0.2) is 9.97 Å². The summed E-state index contributed by atoms with van der Waals surface area (Å²) < 4.78 is 5.05. The summed E-state index contributed by atoms with van der Waals surface area (Å²) in [5, 5.41) is 12.6. The molecule has 1 aliphatic rings. The zero-order chi connectivity index (χ0) is 22.2. The van der Waals surface area contributed by atoms with E-state index in [1.54, 1.807) is 18.3 Å². The first-order valence-electron chi connectivity index (χ1n) is 10.9. The van der Waals surface area contributed by atoms with Gasteiger partial charge < -0.3 is 15.2 Å². The summed E-state index contributed by atoms with van der Waals surface area (Å²) in [5.74, 6) is 0.257. The van der Waals surface area contributed by atoms with Gasteiger partial charge in [-0.05, 0) is 55.7 Å². The molecular formula is C24H31N3O4. The number of pyridine rings is 2. The lowest BCUT2D eigenvalue weighted by molar-refractivity contribution is -0.137. The molecule has 0 bridgehead atoms. The van der Waals surface area contributed by atoms with Crippen LogP contribution in [0.15, 0.2) is 24.4 Å². The second kappa shape index (κ2) is 10.9. The van der Waals surface area contributed by atoms with Crippen LogP contribution in [0.4, 0.5) is 5.82 Å². The van der Waals surface area contributed by atoms with Gasteiger partial charge in [-0.1, -0.05) is 12.1 Å². The van der Waals surface area contributed by atoms with E-state index < -0.39 is 5.97 Å². The molecule has 0 saturated carbocycles. The molecule has 0 spiro atoms. The highest BCUT2D eigenvalue weighted by Crippen LogP contribution is 2.26. The van der Waals surface area contributed by atoms with Crippen LogP contribution in [0.1, 0.15) is 66.8 Å². The Morgan fingerprint density at radius 2 is 2.10 bits per heavy atom. The maximum atomic E-state index is 12.5. The van der Waals surface area contributed by atoms with Crippen LogP contribution in [-0.2, 0) is 22.4 Å². The molecule has 0 aromatic carbocycles. The molecule has 0 radical (unpaired) electrons. The van der Waals surface area contributed by atoms with Crippen molar-refractivity contribution in [2.45, 2.75) is 64.2 Å². The Morgan fingerprint density at radius 1 is 1.26 bits per heavy atom. The van der Waals surface area contributed by atoms with Crippen molar-refractivity contribution in [3.05, 3.63) is 46.8 Å². The average Bonchev–Trinajstić information content (AvgIpc) is 2.76. The summed E-state index contributed by atoms with van der Waals surface area (Å²) in [7, 11) is 1.53. The van der Waals surface area contributed by atoms with E-state index in [-0.39, 0.29) is 24.5 Å². The van der Waals surface area contributed by atoms with Crippen molar-refractivity contribution in [3.63, 3.8) is 0 Å². The van der Waals surface area contributed by atoms with Gasteiger partial charge in [0.05, 0.1) is 13.5 Å². The fourth-order valence-electron chi connectivity index (χ4n) is 4.05. The zero-order valence-corrected chi connectivity index (χ0v) is 18.3. The number of anilines is 1. The lowest BCUT2D eigenvalue weighted by atomic mass is 9.90. The predicted octanol–water partition coefficient (Wildman–Crippen LogP) is 4.08. The van der Waals surface area contributed by atoms with Gasteiger partial charge in [0, 0.05) is 43.3 Å². The molecule has 0 fully saturated rings. The average molecular weight is 426 g/mol. The number of nitrogens with one attached hydrogen (secondary N) is 1. The fraction of sp³-hybridized carbons (Fsp3) is 0.500. The number of carboxylic acids is 1. The first-order chi connectivity index (χ1) is 15.0. The topological polar surface area (TPSA) is 101 Å². The van der Waals surface area contributed by atoms with E-state index in [1.807, 2.05) is 0 Å². The fourth-order valence-corrected chi connectivity index (χ4v) is 4.05. The van der Waals surface area contributed by atoms with E-state index in [1.165, 1.54) is 18.2 Å². The molecule has 3 rings (SSSR count). The smallest absolute Gasteiger partial charge is 0.303 e. The molecular weight excluding hydrogens is 394 g/mol. The number of fused-ring (bicyclic) bond motifs is 1. The monoisotopic (exact) mass is 425 g/mol. The molecule has 31 heavy (non-hydrogen) atoms. The van der Waals surface area contributed by atoms with Gasteiger partial charge >= 0.3 is 5.97 Å². The number of aryl methyl sites for hydroxylation is 3. The molecule has 7 nitrogen and oxygen atoms in total. The minimum Gasteiger partial charge on any atom is -0.481 e. The van der Waals surface area contributed by atoms with Crippen molar-refractivity contribution < 1.29 is 19.4 Å². The number of aliphatic carboxylic acids is 1. The Morgan fingerprint density at radius 3 is 2.81 bits per heavy atom. The van der Waals surface area contributed by atoms with E-state index >= 15 is 0 Å². The maximum Gasteiger partial charge on any atom is 0.303 e. The highest BCUT2D eigenvalue weighted by atomic mass is 16.5. The first-order valence-corrected chi connectivity index (χ1v) is 10.9. The van der Waals surface area contributed by atoms with Crippen molar-refractivity contribution in [1.82, 2.24) is 9.97 Å². The third kappa shape index (κ3) is 6.51. The second-order valence-electron chi connectivity index (χ2n) is 8.17. The summed E-state index contributed by atoms with van der Waals surface area (Å²) in [6.07, 6.45) is 6.87. The molecule has 0 aliphatic carbocycles. The van der Waals surface area contributed by atoms with Crippen molar-refractivity contribution in [2.75, 3.05) is 19.0 Å². The lowest BCUT2D eigenvalue weighted by Gasteiger charge is -2.19. The number of Topliss-reactive ketones (excluding diaryl/α,β-unsaturated/α-hetero) is 1. The van der Waals surface area contributed by atoms with Crippen LogP contribution in [0.25, 0.3) is 0 Å². The standard InChI is InChI=1S/C24H31N3O4/c1-16-12-17-6-5-11-25-24(17)27-21(16)8-4-3-7-20(28)13-19(14-23(29)30)18-9-10-22(31-2)26-15-18/h9-10,12,15,19H,3-8,11,13-14H2,1-2H3,(H,25,27)(H,29,30)/t19-/m1/s1. The number of hydrogen-bond donors (Lipinski definition) is 2. The van der Waals surface area contributed by atoms with Crippen molar-refractivity contribution in [3.8, 4) is 5.88 Å². The molecule has 1 aliphatic heterocycles. The number of ketones is 1. The zero-order valence-electron chi connectivity index (χ0n) is 18.3. The summed E-state index contributed by atoms with van der Waals surface area (Å²) in [4.78, 5) is 32.7. The predicted molar refractivity (Wildman–Crippen MR) is 119 cm³/mol. The Bertz CT molecular complexity index is 912. The number of nitrogens with zero attached hydrogens (tertiary/aromatic N) is 2. The van der Waals surface area contributed by atoms with Gasteiger partial charge in [0.2, 0.25) is 5.88 Å². The van der Waals surface area contributed by atoms with Gasteiger partial charge in [-0.2, -0.15) is 0 Å². The number of methoxy groups -OCH3 is 1. The molecule has 7 heteroatoms. The third-order valence-corrected chi connectivity index (χ3v) is 5.77. The third-order valence-electron chi connectivity index (χ3n) is 5.77. The maximum absolute atomic E-state index is 12.5. The van der Waals surface area contributed by atoms with E-state index in [4.69, 9.17) is 9.72 Å². The highest BCUT2D eigenvalue weighted by Gasteiger charge is 2.20. The van der Waals surface area contributed by atoms with Gasteiger partial charge in [-0.3, -0.25) is 9.59 Å². The Hall–Kier alpha value is -2.96. The Kier molecular flexibility index (Phi) is 7.98. The largest absolute Gasteiger partial charge is 0.481 e. The van der Waals surface area contributed by atoms with Crippen LogP contribution in [-0.4, -0.2) is 40.5 Å². The SMILES string of the molecule is COc1ccc([C@@H](CC(=O)O)CC(=O)CCCCc2nc3c(cc2C)CCCN3)cn1. The van der Waals surface area contributed by atoms with Crippen LogP contribution >= 0.6 is 0 Å². The summed E-state index contributed by atoms with van der Waals surface area (Å²) >= 11 is 0. The van der Waals surface area contributed by atoms with E-state index in [9.17, 15) is 14.7 Å². The van der Waals surface area contributed by atoms with E-state index in [0.29, 0.717) is 12.3 Å². The Balaban J connectivity index is 1.50. The van der Waals surface area contributed by atoms with Crippen LogP contribution in [0.3, 0.4) is 0 Å². The molecule has 166 valence electrons. The molecule has 3 heterocycles. The van der Waals surface area contributed by atoms with E-state index in [0.717, 1.165) is 55.7 Å². The number of rotatable bonds is 11. The van der Waals surface area contributed by atoms with Gasteiger partial charge in [-0.15, -0.1) is 0 Å². The van der Waals surface area contributed by atoms with Crippen LogP contribution in [0.2, 0.25) is 0 Å². The molecule has 0 saturated heterocycles. The number of unbranched alkanes of at least 4 members (excludes halogenated alkanes) is 1. The van der Waals surface area contributed by atoms with Crippen molar-refractivity contribution >= 4 is 17.6 Å². The second-order valence-corrected chi connectivity index (χ2v) is 8.17. The quantitative estimate of drug-likeness (QED) is 0.523. The number of carbonyl (C=O) groups is 2. The van der Waals surface area contributed by atoms with Crippen LogP contribution in [0, 0.1) is 6.92 Å². The van der Waals surface area contributed by atoms with Crippen LogP contribution < -0.4 is 10.1 Å². The van der Waals surface area contributed by atoms with Gasteiger partial charge in [0.25, 0.3) is 0 Å². The van der Waals surface area contributed by atoms with Crippen molar-refractivity contribution in [1.29, 1.82) is 0 Å². The molecule has 2 aromatic heterocycles. The molecule has 2 N–H and O–H groups in total. The highest BCUT2D eigenvalue weighted by molar-refractivity contribution is 5.80. The normalized spacial score (nSPS) is 13.7. The summed E-state index contributed by atoms with van der Waals surface area (Å²) in [6, 6.07) is 5.71. The number of carboxylic acid groups (broad SMARTS) is 1. The molecule has 2 aromatic rings. The summed E-state index contributed by atoms with van der Waals surface area (Å²) in [6.45, 7) is 3.07. The first kappa shape index (κ1) is 22.7. The lowest BCUT2D eigenvalue weighted by Crippen LogP contribution is -2.15. The number of hydrogen-bond acceptors (Lipinski definition) is 6. The van der Waals surface area contributed by atoms with Crippen molar-refractivity contribution in [2.24, 2.45) is 0 Å². The molecule has 0 unspecified atom stereocenters. The Labute approximate surface area is 183 Å². The van der Waals surface area contributed by atoms with Crippen LogP contribution in [0.5, 0.6) is 5.88 Å². The molecule has 1 atom stereocenters. The number of ether oxygens (including phenoxy) is 1. The number of aromatic nitrogens is 2. The summed E-state index contributed by atoms with van der Waals surface area (Å²) in [5.41, 5.74) is 4.34. The minimum absolute atomic E-state index is 0.0823. The van der Waals surface area contributed by atoms with E-state index in [2.05, 4.69) is 23.3 Å². The number of carbonyl (C=O) groups excluding carboxylic acids is 1. The molecule has 0 amide bonds. The minimum atomic E-state index is -0.920. The van der Waals surface area contributed by atoms with Gasteiger partial charge in [0.1, 0.15) is 11.6 Å².